The minimum absolute atomic E-state index is 0.0204. The van der Waals surface area contributed by atoms with Gasteiger partial charge in [0.15, 0.2) is 0 Å². The van der Waals surface area contributed by atoms with Crippen LogP contribution in [0, 0.1) is 5.82 Å². The largest absolute Gasteiger partial charge is 0.379 e. The number of fused-ring (bicyclic) bond motifs is 2. The summed E-state index contributed by atoms with van der Waals surface area (Å²) in [5.74, 6) is -1.79. The zero-order valence-electron chi connectivity index (χ0n) is 14.4. The van der Waals surface area contributed by atoms with E-state index in [1.165, 1.54) is 13.2 Å². The molecule has 3 atom stereocenters. The number of amides is 1. The quantitative estimate of drug-likeness (QED) is 0.797. The molecular weight excluding hydrogens is 392 g/mol. The Balaban J connectivity index is 2.01. The molecule has 0 saturated heterocycles. The van der Waals surface area contributed by atoms with Gasteiger partial charge in [0.1, 0.15) is 17.0 Å². The number of halogens is 3. The van der Waals surface area contributed by atoms with E-state index in [0.717, 1.165) is 0 Å². The second-order valence-electron chi connectivity index (χ2n) is 6.88. The van der Waals surface area contributed by atoms with Crippen LogP contribution in [-0.2, 0) is 19.7 Å². The summed E-state index contributed by atoms with van der Waals surface area (Å²) in [6.45, 7) is 0. The number of carbonyl (C=O) groups excluding carboxylic acids is 2. The van der Waals surface area contributed by atoms with Crippen LogP contribution in [0.25, 0.3) is 0 Å². The first-order valence-corrected chi connectivity index (χ1v) is 9.25. The van der Waals surface area contributed by atoms with Crippen LogP contribution in [0.1, 0.15) is 29.9 Å². The number of rotatable bonds is 2. The van der Waals surface area contributed by atoms with E-state index in [4.69, 9.17) is 27.9 Å². The van der Waals surface area contributed by atoms with Crippen LogP contribution in [0.2, 0.25) is 10.0 Å². The predicted octanol–water partition coefficient (Wildman–Crippen LogP) is 4.48. The summed E-state index contributed by atoms with van der Waals surface area (Å²) < 4.78 is 20.5. The number of hydrogen-bond donors (Lipinski definition) is 1. The molecule has 2 aliphatic rings. The summed E-state index contributed by atoms with van der Waals surface area (Å²) in [6, 6.07) is 9.70. The fraction of sp³-hybridized carbons (Fsp3) is 0.300. The van der Waals surface area contributed by atoms with Crippen molar-refractivity contribution in [1.82, 2.24) is 0 Å². The number of Topliss-reactive ketones (excluding diaryl/α,β-unsaturated/α-hetero) is 1. The van der Waals surface area contributed by atoms with E-state index in [-0.39, 0.29) is 35.1 Å². The van der Waals surface area contributed by atoms with Crippen molar-refractivity contribution in [3.63, 3.8) is 0 Å². The van der Waals surface area contributed by atoms with Gasteiger partial charge >= 0.3 is 0 Å². The van der Waals surface area contributed by atoms with Gasteiger partial charge in [-0.15, -0.1) is 0 Å². The van der Waals surface area contributed by atoms with Crippen molar-refractivity contribution in [2.24, 2.45) is 0 Å². The maximum Gasteiger partial charge on any atom is 0.238 e. The smallest absolute Gasteiger partial charge is 0.238 e. The van der Waals surface area contributed by atoms with Crippen LogP contribution in [0.5, 0.6) is 0 Å². The zero-order chi connectivity index (χ0) is 19.3. The van der Waals surface area contributed by atoms with Gasteiger partial charge < -0.3 is 10.1 Å². The number of nitrogens with one attached hydrogen (secondary N) is 1. The van der Waals surface area contributed by atoms with Crippen LogP contribution in [0.4, 0.5) is 10.1 Å². The maximum atomic E-state index is 14.9. The van der Waals surface area contributed by atoms with Crippen molar-refractivity contribution in [3.8, 4) is 0 Å². The van der Waals surface area contributed by atoms with E-state index in [1.807, 2.05) is 0 Å². The second-order valence-corrected chi connectivity index (χ2v) is 7.72. The van der Waals surface area contributed by atoms with Crippen molar-refractivity contribution in [3.05, 3.63) is 63.4 Å². The molecule has 0 radical (unpaired) electrons. The van der Waals surface area contributed by atoms with Crippen LogP contribution in [-0.4, -0.2) is 24.9 Å². The maximum absolute atomic E-state index is 14.9. The van der Waals surface area contributed by atoms with Crippen molar-refractivity contribution in [2.75, 3.05) is 12.4 Å². The number of methoxy groups -OCH3 is 1. The van der Waals surface area contributed by atoms with Crippen molar-refractivity contribution in [2.45, 2.75) is 30.3 Å². The fourth-order valence-electron chi connectivity index (χ4n) is 4.47. The van der Waals surface area contributed by atoms with E-state index in [0.29, 0.717) is 16.3 Å². The molecule has 0 aromatic heterocycles. The summed E-state index contributed by atoms with van der Waals surface area (Å²) in [4.78, 5) is 25.7. The molecule has 0 bridgehead atoms. The average Bonchev–Trinajstić information content (AvgIpc) is 2.91. The molecular formula is C20H16Cl2FNO3. The first kappa shape index (κ1) is 18.4. The Kier molecular flexibility index (Phi) is 4.49. The summed E-state index contributed by atoms with van der Waals surface area (Å²) in [5.41, 5.74) is 0.196. The highest BCUT2D eigenvalue weighted by molar-refractivity contribution is 6.31. The van der Waals surface area contributed by atoms with Crippen molar-refractivity contribution >= 4 is 40.6 Å². The molecule has 4 rings (SSSR count). The lowest BCUT2D eigenvalue weighted by atomic mass is 9.59. The molecule has 3 unspecified atom stereocenters. The Bertz CT molecular complexity index is 964. The van der Waals surface area contributed by atoms with Gasteiger partial charge in [-0.25, -0.2) is 4.39 Å². The first-order chi connectivity index (χ1) is 12.9. The van der Waals surface area contributed by atoms with Crippen LogP contribution in [0.3, 0.4) is 0 Å². The highest BCUT2D eigenvalue weighted by Crippen LogP contribution is 2.55. The monoisotopic (exact) mass is 407 g/mol. The van der Waals surface area contributed by atoms with E-state index in [9.17, 15) is 14.0 Å². The molecule has 27 heavy (non-hydrogen) atoms. The Morgan fingerprint density at radius 3 is 2.70 bits per heavy atom. The van der Waals surface area contributed by atoms with Gasteiger partial charge in [-0.2, -0.15) is 0 Å². The third kappa shape index (κ3) is 2.60. The lowest BCUT2D eigenvalue weighted by Gasteiger charge is -2.44. The van der Waals surface area contributed by atoms with E-state index >= 15 is 0 Å². The average molecular weight is 408 g/mol. The number of ether oxygens (including phenoxy) is 1. The standard InChI is InChI=1S/C20H16Cl2FNO3/c1-27-17-9-11(25)8-14(12-3-2-4-15(22)18(12)23)20(17)13-6-5-10(21)7-16(13)24-19(20)26/h2-7,14,17H,8-9H2,1H3,(H,24,26). The van der Waals surface area contributed by atoms with E-state index in [2.05, 4.69) is 5.32 Å². The van der Waals surface area contributed by atoms with Crippen molar-refractivity contribution < 1.29 is 18.7 Å². The summed E-state index contributed by atoms with van der Waals surface area (Å²) in [7, 11) is 1.46. The van der Waals surface area contributed by atoms with Gasteiger partial charge in [0.25, 0.3) is 0 Å². The molecule has 2 aromatic rings. The molecule has 1 spiro atoms. The van der Waals surface area contributed by atoms with Gasteiger partial charge in [-0.1, -0.05) is 41.4 Å². The molecule has 7 heteroatoms. The van der Waals surface area contributed by atoms with Crippen LogP contribution < -0.4 is 5.32 Å². The lowest BCUT2D eigenvalue weighted by molar-refractivity contribution is -0.137. The zero-order valence-corrected chi connectivity index (χ0v) is 15.9. The van der Waals surface area contributed by atoms with Gasteiger partial charge in [-0.3, -0.25) is 9.59 Å². The number of carbonyl (C=O) groups is 2. The van der Waals surface area contributed by atoms with Crippen LogP contribution >= 0.6 is 23.2 Å². The van der Waals surface area contributed by atoms with Gasteiger partial charge in [0.2, 0.25) is 5.91 Å². The molecule has 4 nitrogen and oxygen atoms in total. The normalized spacial score (nSPS) is 27.0. The summed E-state index contributed by atoms with van der Waals surface area (Å²) >= 11 is 12.1. The minimum atomic E-state index is -1.24. The van der Waals surface area contributed by atoms with E-state index in [1.54, 1.807) is 30.3 Å². The molecule has 1 saturated carbocycles. The SMILES string of the molecule is COC1CC(=O)CC(c2cccc(Cl)c2F)C12C(=O)Nc1cc(Cl)ccc12. The number of ketones is 1. The molecule has 2 aromatic carbocycles. The molecule has 1 amide bonds. The molecule has 1 heterocycles. The third-order valence-electron chi connectivity index (χ3n) is 5.59. The number of hydrogen-bond acceptors (Lipinski definition) is 3. The number of benzene rings is 2. The second kappa shape index (κ2) is 6.59. The van der Waals surface area contributed by atoms with Crippen LogP contribution in [0.15, 0.2) is 36.4 Å². The highest BCUT2D eigenvalue weighted by atomic mass is 35.5. The number of anilines is 1. The highest BCUT2D eigenvalue weighted by Gasteiger charge is 2.61. The van der Waals surface area contributed by atoms with Crippen molar-refractivity contribution in [1.29, 1.82) is 0 Å². The minimum Gasteiger partial charge on any atom is -0.379 e. The molecule has 140 valence electrons. The topological polar surface area (TPSA) is 55.4 Å². The fourth-order valence-corrected chi connectivity index (χ4v) is 4.83. The Hall–Kier alpha value is -1.95. The van der Waals surface area contributed by atoms with E-state index < -0.39 is 23.3 Å². The Morgan fingerprint density at radius 2 is 1.96 bits per heavy atom. The first-order valence-electron chi connectivity index (χ1n) is 8.49. The molecule has 1 fully saturated rings. The Labute approximate surface area is 165 Å². The summed E-state index contributed by atoms with van der Waals surface area (Å²) in [6.07, 6.45) is -0.637. The molecule has 1 aliphatic heterocycles. The lowest BCUT2D eigenvalue weighted by Crippen LogP contribution is -2.55. The summed E-state index contributed by atoms with van der Waals surface area (Å²) in [5, 5.41) is 3.26. The third-order valence-corrected chi connectivity index (χ3v) is 6.12. The van der Waals surface area contributed by atoms with Gasteiger partial charge in [-0.05, 0) is 29.3 Å². The molecule has 1 aliphatic carbocycles. The molecule has 1 N–H and O–H groups in total. The predicted molar refractivity (Wildman–Crippen MR) is 101 cm³/mol. The van der Waals surface area contributed by atoms with Gasteiger partial charge in [0.05, 0.1) is 11.1 Å². The van der Waals surface area contributed by atoms with Gasteiger partial charge in [0, 0.05) is 36.6 Å². The Morgan fingerprint density at radius 1 is 1.19 bits per heavy atom.